The zero-order chi connectivity index (χ0) is 17.1. The second kappa shape index (κ2) is 10.6. The SMILES string of the molecule is CCO[Si](COc1ccc(COC)cc1OC)(OCC)OCC. The van der Waals surface area contributed by atoms with Crippen LogP contribution in [-0.2, 0) is 24.6 Å². The first-order valence-electron chi connectivity index (χ1n) is 7.85. The Kier molecular flexibility index (Phi) is 9.19. The van der Waals surface area contributed by atoms with E-state index in [2.05, 4.69) is 0 Å². The first-order chi connectivity index (χ1) is 11.1. The number of rotatable bonds is 12. The molecule has 23 heavy (non-hydrogen) atoms. The molecule has 0 N–H and O–H groups in total. The van der Waals surface area contributed by atoms with Gasteiger partial charge in [-0.1, -0.05) is 6.07 Å². The minimum absolute atomic E-state index is 0.239. The molecule has 1 aromatic rings. The van der Waals surface area contributed by atoms with E-state index in [9.17, 15) is 0 Å². The Morgan fingerprint density at radius 3 is 1.96 bits per heavy atom. The standard InChI is InChI=1S/C16H28O6Si/c1-6-20-23(21-7-2,22-8-3)13-19-15-10-9-14(12-17-4)11-16(15)18-5/h9-11H,6-8,12-13H2,1-5H3. The van der Waals surface area contributed by atoms with Crippen molar-refractivity contribution < 1.29 is 27.5 Å². The van der Waals surface area contributed by atoms with Gasteiger partial charge in [0.05, 0.1) is 13.7 Å². The molecule has 0 aliphatic rings. The van der Waals surface area contributed by atoms with Gasteiger partial charge in [0.25, 0.3) is 0 Å². The van der Waals surface area contributed by atoms with Crippen molar-refractivity contribution >= 4 is 8.80 Å². The number of hydrogen-bond acceptors (Lipinski definition) is 6. The fraction of sp³-hybridized carbons (Fsp3) is 0.625. The summed E-state index contributed by atoms with van der Waals surface area (Å²) in [6.07, 6.45) is 0.239. The van der Waals surface area contributed by atoms with Crippen LogP contribution in [0.4, 0.5) is 0 Å². The van der Waals surface area contributed by atoms with Crippen LogP contribution >= 0.6 is 0 Å². The summed E-state index contributed by atoms with van der Waals surface area (Å²) in [5.74, 6) is 1.27. The quantitative estimate of drug-likeness (QED) is 0.544. The molecule has 0 aromatic heterocycles. The maximum Gasteiger partial charge on any atom is 0.540 e. The smallest absolute Gasteiger partial charge is 0.493 e. The van der Waals surface area contributed by atoms with Gasteiger partial charge in [-0.15, -0.1) is 0 Å². The molecule has 0 heterocycles. The van der Waals surface area contributed by atoms with E-state index in [1.165, 1.54) is 0 Å². The van der Waals surface area contributed by atoms with Crippen LogP contribution in [0.2, 0.25) is 0 Å². The highest BCUT2D eigenvalue weighted by Crippen LogP contribution is 2.29. The molecular formula is C16H28O6Si. The van der Waals surface area contributed by atoms with Gasteiger partial charge in [-0.25, -0.2) is 0 Å². The van der Waals surface area contributed by atoms with Gasteiger partial charge >= 0.3 is 8.80 Å². The Morgan fingerprint density at radius 2 is 1.48 bits per heavy atom. The van der Waals surface area contributed by atoms with Gasteiger partial charge in [-0.2, -0.15) is 0 Å². The molecule has 0 aliphatic carbocycles. The highest BCUT2D eigenvalue weighted by Gasteiger charge is 2.42. The fourth-order valence-electron chi connectivity index (χ4n) is 2.16. The first-order valence-corrected chi connectivity index (χ1v) is 9.78. The van der Waals surface area contributed by atoms with Gasteiger partial charge in [0.15, 0.2) is 17.7 Å². The Morgan fingerprint density at radius 1 is 0.870 bits per heavy atom. The van der Waals surface area contributed by atoms with Gasteiger partial charge in [0, 0.05) is 26.9 Å². The van der Waals surface area contributed by atoms with Crippen LogP contribution in [-0.4, -0.2) is 49.1 Å². The summed E-state index contributed by atoms with van der Waals surface area (Å²) in [6.45, 7) is 7.81. The van der Waals surface area contributed by atoms with E-state index in [0.29, 0.717) is 37.9 Å². The largest absolute Gasteiger partial charge is 0.540 e. The Bertz CT molecular complexity index is 437. The van der Waals surface area contributed by atoms with Gasteiger partial charge in [-0.05, 0) is 38.5 Å². The highest BCUT2D eigenvalue weighted by atomic mass is 28.4. The second-order valence-electron chi connectivity index (χ2n) is 4.69. The number of ether oxygens (including phenoxy) is 3. The van der Waals surface area contributed by atoms with Crippen molar-refractivity contribution in [1.29, 1.82) is 0 Å². The van der Waals surface area contributed by atoms with E-state index in [1.54, 1.807) is 14.2 Å². The lowest BCUT2D eigenvalue weighted by Gasteiger charge is -2.28. The third-order valence-corrected chi connectivity index (χ3v) is 5.72. The molecule has 0 fully saturated rings. The monoisotopic (exact) mass is 344 g/mol. The molecular weight excluding hydrogens is 316 g/mol. The minimum atomic E-state index is -2.85. The topological polar surface area (TPSA) is 55.4 Å². The van der Waals surface area contributed by atoms with E-state index in [-0.39, 0.29) is 6.23 Å². The first kappa shape index (κ1) is 19.9. The molecule has 132 valence electrons. The fourth-order valence-corrected chi connectivity index (χ4v) is 4.32. The molecule has 0 bridgehead atoms. The molecule has 0 atom stereocenters. The number of methoxy groups -OCH3 is 2. The summed E-state index contributed by atoms with van der Waals surface area (Å²) in [7, 11) is 0.419. The maximum atomic E-state index is 5.91. The molecule has 1 rings (SSSR count). The van der Waals surface area contributed by atoms with E-state index < -0.39 is 8.80 Å². The van der Waals surface area contributed by atoms with Crippen molar-refractivity contribution in [2.24, 2.45) is 0 Å². The van der Waals surface area contributed by atoms with Gasteiger partial charge in [-0.3, -0.25) is 0 Å². The average Bonchev–Trinajstić information content (AvgIpc) is 2.54. The maximum absolute atomic E-state index is 5.91. The van der Waals surface area contributed by atoms with Crippen LogP contribution in [0.1, 0.15) is 26.3 Å². The van der Waals surface area contributed by atoms with E-state index in [0.717, 1.165) is 5.56 Å². The van der Waals surface area contributed by atoms with E-state index >= 15 is 0 Å². The molecule has 0 spiro atoms. The van der Waals surface area contributed by atoms with Crippen molar-refractivity contribution in [2.45, 2.75) is 27.4 Å². The summed E-state index contributed by atoms with van der Waals surface area (Å²) in [5.41, 5.74) is 1.01. The lowest BCUT2D eigenvalue weighted by atomic mass is 10.2. The molecule has 1 aromatic carbocycles. The molecule has 7 heteroatoms. The Hall–Kier alpha value is -1.12. The third kappa shape index (κ3) is 6.12. The van der Waals surface area contributed by atoms with Crippen LogP contribution in [0, 0.1) is 0 Å². The Labute approximate surface area is 140 Å². The predicted octanol–water partition coefficient (Wildman–Crippen LogP) is 2.81. The van der Waals surface area contributed by atoms with Gasteiger partial charge in [0.2, 0.25) is 0 Å². The lowest BCUT2D eigenvalue weighted by molar-refractivity contribution is 0.0537. The summed E-state index contributed by atoms with van der Waals surface area (Å²) < 4.78 is 33.8. The second-order valence-corrected chi connectivity index (χ2v) is 7.21. The van der Waals surface area contributed by atoms with Crippen LogP contribution in [0.5, 0.6) is 11.5 Å². The van der Waals surface area contributed by atoms with Gasteiger partial charge in [0.1, 0.15) is 0 Å². The molecule has 0 amide bonds. The summed E-state index contributed by atoms with van der Waals surface area (Å²) >= 11 is 0. The molecule has 0 unspecified atom stereocenters. The molecule has 0 radical (unpaired) electrons. The lowest BCUT2D eigenvalue weighted by Crippen LogP contribution is -2.51. The summed E-state index contributed by atoms with van der Waals surface area (Å²) in [5, 5.41) is 0. The summed E-state index contributed by atoms with van der Waals surface area (Å²) in [4.78, 5) is 0. The van der Waals surface area contributed by atoms with Crippen molar-refractivity contribution in [1.82, 2.24) is 0 Å². The molecule has 0 saturated heterocycles. The van der Waals surface area contributed by atoms with Crippen molar-refractivity contribution in [3.8, 4) is 11.5 Å². The van der Waals surface area contributed by atoms with Crippen molar-refractivity contribution in [3.63, 3.8) is 0 Å². The van der Waals surface area contributed by atoms with Crippen LogP contribution in [0.3, 0.4) is 0 Å². The Balaban J connectivity index is 2.87. The zero-order valence-electron chi connectivity index (χ0n) is 14.7. The average molecular weight is 344 g/mol. The zero-order valence-corrected chi connectivity index (χ0v) is 15.7. The van der Waals surface area contributed by atoms with E-state index in [4.69, 9.17) is 27.5 Å². The normalized spacial score (nSPS) is 11.5. The van der Waals surface area contributed by atoms with Crippen LogP contribution in [0.25, 0.3) is 0 Å². The van der Waals surface area contributed by atoms with Crippen LogP contribution < -0.4 is 9.47 Å². The highest BCUT2D eigenvalue weighted by molar-refractivity contribution is 6.60. The van der Waals surface area contributed by atoms with Gasteiger partial charge < -0.3 is 27.5 Å². The molecule has 6 nitrogen and oxygen atoms in total. The summed E-state index contributed by atoms with van der Waals surface area (Å²) in [6, 6.07) is 5.69. The van der Waals surface area contributed by atoms with Crippen molar-refractivity contribution in [3.05, 3.63) is 23.8 Å². The number of benzene rings is 1. The molecule has 0 saturated carbocycles. The van der Waals surface area contributed by atoms with Crippen LogP contribution in [0.15, 0.2) is 18.2 Å². The van der Waals surface area contributed by atoms with E-state index in [1.807, 2.05) is 39.0 Å². The third-order valence-electron chi connectivity index (χ3n) is 3.04. The number of hydrogen-bond donors (Lipinski definition) is 0. The predicted molar refractivity (Wildman–Crippen MR) is 89.8 cm³/mol. The minimum Gasteiger partial charge on any atom is -0.493 e. The molecule has 0 aliphatic heterocycles. The van der Waals surface area contributed by atoms with Crippen molar-refractivity contribution in [2.75, 3.05) is 40.3 Å².